The van der Waals surface area contributed by atoms with Gasteiger partial charge in [-0.05, 0) is 44.0 Å². The number of ether oxygens (including phenoxy) is 1. The summed E-state index contributed by atoms with van der Waals surface area (Å²) in [5.41, 5.74) is 7.09. The molecule has 11 nitrogen and oxygen atoms in total. The highest BCUT2D eigenvalue weighted by Crippen LogP contribution is 2.34. The monoisotopic (exact) mass is 554 g/mol. The number of amides is 2. The summed E-state index contributed by atoms with van der Waals surface area (Å²) in [6.07, 6.45) is -1.08. The number of benzene rings is 1. The molecule has 14 heteroatoms. The predicted molar refractivity (Wildman–Crippen MR) is 138 cm³/mol. The number of rotatable bonds is 5. The van der Waals surface area contributed by atoms with Crippen LogP contribution in [0.25, 0.3) is 16.8 Å². The van der Waals surface area contributed by atoms with E-state index in [0.29, 0.717) is 35.7 Å². The fourth-order valence-corrected chi connectivity index (χ4v) is 4.65. The van der Waals surface area contributed by atoms with Gasteiger partial charge < -0.3 is 20.7 Å². The fraction of sp³-hybridized carbons (Fsp3) is 0.308. The quantitative estimate of drug-likeness (QED) is 0.371. The van der Waals surface area contributed by atoms with E-state index < -0.39 is 17.6 Å². The Morgan fingerprint density at radius 2 is 1.95 bits per heavy atom. The second-order valence-electron chi connectivity index (χ2n) is 9.17. The van der Waals surface area contributed by atoms with Gasteiger partial charge in [0.15, 0.2) is 5.82 Å². The number of hydrogen-bond donors (Lipinski definition) is 2. The summed E-state index contributed by atoms with van der Waals surface area (Å²) < 4.78 is 45.8. The molecule has 40 heavy (non-hydrogen) atoms. The Morgan fingerprint density at radius 1 is 1.18 bits per heavy atom. The Hall–Kier alpha value is -4.75. The average Bonchev–Trinajstić information content (AvgIpc) is 3.34. The summed E-state index contributed by atoms with van der Waals surface area (Å²) >= 11 is 0. The number of nitrogens with zero attached hydrogens (tertiary/aromatic N) is 6. The highest BCUT2D eigenvalue weighted by molar-refractivity contribution is 6.04. The van der Waals surface area contributed by atoms with E-state index >= 15 is 0 Å². The van der Waals surface area contributed by atoms with E-state index in [-0.39, 0.29) is 35.8 Å². The minimum Gasteiger partial charge on any atom is -0.450 e. The molecule has 1 atom stereocenters. The van der Waals surface area contributed by atoms with Crippen molar-refractivity contribution in [2.45, 2.75) is 31.9 Å². The molecule has 1 saturated heterocycles. The van der Waals surface area contributed by atoms with Gasteiger partial charge in [-0.25, -0.2) is 24.3 Å². The maximum absolute atomic E-state index is 13.0. The van der Waals surface area contributed by atoms with Gasteiger partial charge in [0.2, 0.25) is 0 Å². The SMILES string of the molecule is CCOC(=O)N1CCC[C@@H](c2nc(-c3ccc(C(=O)Nc4cc(C(F)(F)F)ccn4)cc3)c3c(N)ncnn23)C1. The summed E-state index contributed by atoms with van der Waals surface area (Å²) in [6, 6.07) is 7.93. The van der Waals surface area contributed by atoms with Crippen molar-refractivity contribution in [3.05, 3.63) is 65.9 Å². The first-order chi connectivity index (χ1) is 19.2. The molecule has 0 spiro atoms. The fourth-order valence-electron chi connectivity index (χ4n) is 4.65. The molecule has 0 bridgehead atoms. The second-order valence-corrected chi connectivity index (χ2v) is 9.17. The van der Waals surface area contributed by atoms with Crippen LogP contribution in [0.15, 0.2) is 48.9 Å². The molecule has 4 aromatic rings. The maximum atomic E-state index is 13.0. The first-order valence-corrected chi connectivity index (χ1v) is 12.5. The van der Waals surface area contributed by atoms with E-state index in [0.717, 1.165) is 31.2 Å². The van der Waals surface area contributed by atoms with Crippen LogP contribution in [0.2, 0.25) is 0 Å². The predicted octanol–water partition coefficient (Wildman–Crippen LogP) is 4.38. The molecule has 1 aliphatic heterocycles. The standard InChI is InChI=1S/C26H25F3N8O3/c1-2-40-25(39)36-11-3-4-17(13-36)23-35-20(21-22(30)32-14-33-37(21)23)15-5-7-16(8-6-15)24(38)34-19-12-18(9-10-31-19)26(27,28)29/h5-10,12,14,17H,2-4,11,13H2,1H3,(H2,30,32,33)(H,31,34,38)/t17-/m1/s1. The lowest BCUT2D eigenvalue weighted by atomic mass is 9.97. The molecule has 1 aliphatic rings. The van der Waals surface area contributed by atoms with Crippen molar-refractivity contribution in [3.8, 4) is 11.3 Å². The van der Waals surface area contributed by atoms with Crippen molar-refractivity contribution in [3.63, 3.8) is 0 Å². The van der Waals surface area contributed by atoms with Gasteiger partial charge in [0.25, 0.3) is 5.91 Å². The van der Waals surface area contributed by atoms with Crippen LogP contribution < -0.4 is 11.1 Å². The van der Waals surface area contributed by atoms with E-state index in [1.165, 1.54) is 18.5 Å². The molecular weight excluding hydrogens is 529 g/mol. The van der Waals surface area contributed by atoms with Crippen LogP contribution in [0.5, 0.6) is 0 Å². The van der Waals surface area contributed by atoms with Crippen LogP contribution in [0.1, 0.15) is 47.4 Å². The summed E-state index contributed by atoms with van der Waals surface area (Å²) in [7, 11) is 0. The van der Waals surface area contributed by atoms with Gasteiger partial charge in [-0.15, -0.1) is 0 Å². The number of likely N-dealkylation sites (tertiary alicyclic amines) is 1. The van der Waals surface area contributed by atoms with Crippen LogP contribution in [0.3, 0.4) is 0 Å². The Labute approximate surface area is 226 Å². The molecule has 5 rings (SSSR count). The normalized spacial score (nSPS) is 15.7. The summed E-state index contributed by atoms with van der Waals surface area (Å²) in [5.74, 6) is -0.149. The van der Waals surface area contributed by atoms with Gasteiger partial charge >= 0.3 is 12.3 Å². The number of imidazole rings is 1. The van der Waals surface area contributed by atoms with E-state index in [4.69, 9.17) is 15.5 Å². The van der Waals surface area contributed by atoms with Crippen LogP contribution >= 0.6 is 0 Å². The number of nitrogens with one attached hydrogen (secondary N) is 1. The molecule has 0 saturated carbocycles. The first kappa shape index (κ1) is 26.8. The third kappa shape index (κ3) is 5.37. The number of nitrogens with two attached hydrogens (primary N) is 1. The number of carbonyl (C=O) groups is 2. The Balaban J connectivity index is 1.42. The summed E-state index contributed by atoms with van der Waals surface area (Å²) in [5, 5.41) is 6.75. The molecule has 208 valence electrons. The number of hydrogen-bond acceptors (Lipinski definition) is 8. The van der Waals surface area contributed by atoms with Crippen molar-refractivity contribution in [2.75, 3.05) is 30.7 Å². The Bertz CT molecular complexity index is 1560. The minimum absolute atomic E-state index is 0.126. The molecular formula is C26H25F3N8O3. The lowest BCUT2D eigenvalue weighted by Crippen LogP contribution is -2.40. The molecule has 4 heterocycles. The number of carbonyl (C=O) groups excluding carboxylic acids is 2. The number of piperidine rings is 1. The molecule has 2 amide bonds. The van der Waals surface area contributed by atoms with Gasteiger partial charge in [-0.2, -0.15) is 18.3 Å². The third-order valence-electron chi connectivity index (χ3n) is 6.55. The zero-order chi connectivity index (χ0) is 28.4. The Morgan fingerprint density at radius 3 is 2.67 bits per heavy atom. The molecule has 0 unspecified atom stereocenters. The number of alkyl halides is 3. The molecule has 1 aromatic carbocycles. The Kier molecular flexibility index (Phi) is 7.24. The molecule has 0 radical (unpaired) electrons. The van der Waals surface area contributed by atoms with Gasteiger partial charge in [0, 0.05) is 36.3 Å². The minimum atomic E-state index is -4.56. The smallest absolute Gasteiger partial charge is 0.416 e. The average molecular weight is 555 g/mol. The lowest BCUT2D eigenvalue weighted by molar-refractivity contribution is -0.137. The van der Waals surface area contributed by atoms with E-state index in [1.807, 2.05) is 0 Å². The molecule has 1 fully saturated rings. The largest absolute Gasteiger partial charge is 0.450 e. The number of aromatic nitrogens is 5. The number of anilines is 2. The van der Waals surface area contributed by atoms with Crippen LogP contribution in [-0.4, -0.2) is 61.2 Å². The van der Waals surface area contributed by atoms with E-state index in [2.05, 4.69) is 20.4 Å². The van der Waals surface area contributed by atoms with Crippen molar-refractivity contribution in [1.29, 1.82) is 0 Å². The van der Waals surface area contributed by atoms with Crippen molar-refractivity contribution in [2.24, 2.45) is 0 Å². The molecule has 3 aromatic heterocycles. The lowest BCUT2D eigenvalue weighted by Gasteiger charge is -2.31. The number of nitrogen functional groups attached to an aromatic ring is 1. The van der Waals surface area contributed by atoms with Crippen LogP contribution in [-0.2, 0) is 10.9 Å². The van der Waals surface area contributed by atoms with Crippen molar-refractivity contribution >= 4 is 29.2 Å². The third-order valence-corrected chi connectivity index (χ3v) is 6.55. The highest BCUT2D eigenvalue weighted by Gasteiger charge is 2.32. The first-order valence-electron chi connectivity index (χ1n) is 12.5. The highest BCUT2D eigenvalue weighted by atomic mass is 19.4. The van der Waals surface area contributed by atoms with Crippen LogP contribution in [0, 0.1) is 0 Å². The maximum Gasteiger partial charge on any atom is 0.416 e. The zero-order valence-electron chi connectivity index (χ0n) is 21.4. The molecule has 3 N–H and O–H groups in total. The van der Waals surface area contributed by atoms with Crippen LogP contribution in [0.4, 0.5) is 29.6 Å². The van der Waals surface area contributed by atoms with Gasteiger partial charge in [0.1, 0.15) is 29.2 Å². The summed E-state index contributed by atoms with van der Waals surface area (Å²) in [4.78, 5) is 39.4. The second kappa shape index (κ2) is 10.8. The number of fused-ring (bicyclic) bond motifs is 1. The van der Waals surface area contributed by atoms with Crippen molar-refractivity contribution in [1.82, 2.24) is 29.5 Å². The van der Waals surface area contributed by atoms with E-state index in [9.17, 15) is 22.8 Å². The number of pyridine rings is 1. The molecule has 0 aliphatic carbocycles. The topological polar surface area (TPSA) is 141 Å². The van der Waals surface area contributed by atoms with Gasteiger partial charge in [-0.3, -0.25) is 4.79 Å². The zero-order valence-corrected chi connectivity index (χ0v) is 21.4. The van der Waals surface area contributed by atoms with Gasteiger partial charge in [-0.1, -0.05) is 12.1 Å². The van der Waals surface area contributed by atoms with Crippen molar-refractivity contribution < 1.29 is 27.5 Å². The number of halogens is 3. The van der Waals surface area contributed by atoms with E-state index in [1.54, 1.807) is 28.5 Å². The van der Waals surface area contributed by atoms with Gasteiger partial charge in [0.05, 0.1) is 12.2 Å². The summed E-state index contributed by atoms with van der Waals surface area (Å²) in [6.45, 7) is 3.03.